The van der Waals surface area contributed by atoms with Crippen molar-refractivity contribution in [1.29, 1.82) is 0 Å². The molecule has 0 saturated carbocycles. The van der Waals surface area contributed by atoms with E-state index in [2.05, 4.69) is 5.32 Å². The van der Waals surface area contributed by atoms with Crippen LogP contribution in [0.4, 0.5) is 5.69 Å². The first-order valence-corrected chi connectivity index (χ1v) is 12.3. The van der Waals surface area contributed by atoms with Gasteiger partial charge in [0.05, 0.1) is 10.5 Å². The summed E-state index contributed by atoms with van der Waals surface area (Å²) in [5, 5.41) is 2.78. The Labute approximate surface area is 194 Å². The molecule has 3 aromatic carbocycles. The van der Waals surface area contributed by atoms with E-state index in [1.54, 1.807) is 42.5 Å². The summed E-state index contributed by atoms with van der Waals surface area (Å²) in [4.78, 5) is 13.1. The minimum Gasteiger partial charge on any atom is -0.490 e. The Morgan fingerprint density at radius 2 is 1.55 bits per heavy atom. The number of carbonyl (C=O) groups is 1. The van der Waals surface area contributed by atoms with E-state index in [9.17, 15) is 13.2 Å². The highest BCUT2D eigenvalue weighted by molar-refractivity contribution is 7.89. The largest absolute Gasteiger partial charge is 0.490 e. The Bertz CT molecular complexity index is 1190. The lowest BCUT2D eigenvalue weighted by molar-refractivity contribution is 0.102. The number of nitrogens with zero attached hydrogens (tertiary/aromatic N) is 1. The zero-order valence-electron chi connectivity index (χ0n) is 18.1. The number of rotatable bonds is 9. The number of carbonyl (C=O) groups excluding carboxylic acids is 1. The quantitative estimate of drug-likeness (QED) is 0.478. The SMILES string of the molecule is O=C(Nc1cccc(S(=O)(=O)N2CCCC2)c1)c1ccccc1OCCOc1ccccc1. The molecule has 1 saturated heterocycles. The summed E-state index contributed by atoms with van der Waals surface area (Å²) in [5.41, 5.74) is 0.757. The molecule has 7 nitrogen and oxygen atoms in total. The molecule has 8 heteroatoms. The summed E-state index contributed by atoms with van der Waals surface area (Å²) in [7, 11) is -3.56. The molecule has 0 atom stereocenters. The van der Waals surface area contributed by atoms with Gasteiger partial charge in [0.25, 0.3) is 5.91 Å². The summed E-state index contributed by atoms with van der Waals surface area (Å²) in [5.74, 6) is 0.786. The molecule has 4 rings (SSSR count). The Balaban J connectivity index is 1.40. The second kappa shape index (κ2) is 10.5. The highest BCUT2D eigenvalue weighted by Gasteiger charge is 2.27. The highest BCUT2D eigenvalue weighted by atomic mass is 32.2. The molecule has 1 amide bonds. The van der Waals surface area contributed by atoms with E-state index in [0.29, 0.717) is 36.7 Å². The van der Waals surface area contributed by atoms with Gasteiger partial charge in [0.2, 0.25) is 10.0 Å². The minimum atomic E-state index is -3.56. The van der Waals surface area contributed by atoms with Crippen LogP contribution in [0, 0.1) is 0 Å². The van der Waals surface area contributed by atoms with E-state index in [0.717, 1.165) is 18.6 Å². The Morgan fingerprint density at radius 1 is 0.848 bits per heavy atom. The lowest BCUT2D eigenvalue weighted by atomic mass is 10.2. The molecule has 0 aliphatic carbocycles. The van der Waals surface area contributed by atoms with E-state index < -0.39 is 10.0 Å². The van der Waals surface area contributed by atoms with Gasteiger partial charge in [-0.25, -0.2) is 8.42 Å². The van der Waals surface area contributed by atoms with E-state index in [4.69, 9.17) is 9.47 Å². The fourth-order valence-electron chi connectivity index (χ4n) is 3.62. The lowest BCUT2D eigenvalue weighted by Crippen LogP contribution is -2.27. The summed E-state index contributed by atoms with van der Waals surface area (Å²) in [6.07, 6.45) is 1.73. The molecular formula is C25H26N2O5S. The monoisotopic (exact) mass is 466 g/mol. The first kappa shape index (κ1) is 22.8. The Hall–Kier alpha value is -3.36. The van der Waals surface area contributed by atoms with Crippen LogP contribution in [-0.2, 0) is 10.0 Å². The molecule has 3 aromatic rings. The van der Waals surface area contributed by atoms with Crippen LogP contribution in [0.15, 0.2) is 83.8 Å². The van der Waals surface area contributed by atoms with Crippen molar-refractivity contribution in [3.05, 3.63) is 84.4 Å². The average Bonchev–Trinajstić information content (AvgIpc) is 3.39. The number of benzene rings is 3. The van der Waals surface area contributed by atoms with E-state index in [-0.39, 0.29) is 17.4 Å². The highest BCUT2D eigenvalue weighted by Crippen LogP contribution is 2.24. The van der Waals surface area contributed by atoms with Crippen molar-refractivity contribution in [3.63, 3.8) is 0 Å². The molecule has 1 heterocycles. The molecule has 33 heavy (non-hydrogen) atoms. The van der Waals surface area contributed by atoms with Gasteiger partial charge in [0, 0.05) is 18.8 Å². The second-order valence-electron chi connectivity index (χ2n) is 7.60. The summed E-state index contributed by atoms with van der Waals surface area (Å²) >= 11 is 0. The first-order valence-electron chi connectivity index (χ1n) is 10.9. The second-order valence-corrected chi connectivity index (χ2v) is 9.54. The fourth-order valence-corrected chi connectivity index (χ4v) is 5.18. The van der Waals surface area contributed by atoms with Crippen LogP contribution in [0.1, 0.15) is 23.2 Å². The number of sulfonamides is 1. The summed E-state index contributed by atoms with van der Waals surface area (Å²) in [6, 6.07) is 22.6. The maximum Gasteiger partial charge on any atom is 0.259 e. The van der Waals surface area contributed by atoms with Gasteiger partial charge in [-0.1, -0.05) is 36.4 Å². The van der Waals surface area contributed by atoms with Crippen LogP contribution in [0.5, 0.6) is 11.5 Å². The molecule has 0 unspecified atom stereocenters. The van der Waals surface area contributed by atoms with Gasteiger partial charge in [-0.2, -0.15) is 4.31 Å². The smallest absolute Gasteiger partial charge is 0.259 e. The zero-order valence-corrected chi connectivity index (χ0v) is 19.0. The lowest BCUT2D eigenvalue weighted by Gasteiger charge is -2.16. The number of nitrogens with one attached hydrogen (secondary N) is 1. The number of ether oxygens (including phenoxy) is 2. The van der Waals surface area contributed by atoms with Gasteiger partial charge in [-0.05, 0) is 55.3 Å². The maximum absolute atomic E-state index is 12.9. The van der Waals surface area contributed by atoms with Crippen molar-refractivity contribution in [2.24, 2.45) is 0 Å². The molecule has 172 valence electrons. The van der Waals surface area contributed by atoms with E-state index in [1.165, 1.54) is 10.4 Å². The molecular weight excluding hydrogens is 440 g/mol. The number of para-hydroxylation sites is 2. The average molecular weight is 467 g/mol. The van der Waals surface area contributed by atoms with Crippen molar-refractivity contribution in [2.75, 3.05) is 31.6 Å². The van der Waals surface area contributed by atoms with Crippen molar-refractivity contribution < 1.29 is 22.7 Å². The van der Waals surface area contributed by atoms with Gasteiger partial charge in [0.15, 0.2) is 0 Å². The first-order chi connectivity index (χ1) is 16.0. The third-order valence-electron chi connectivity index (χ3n) is 5.28. The van der Waals surface area contributed by atoms with Crippen LogP contribution >= 0.6 is 0 Å². The van der Waals surface area contributed by atoms with Gasteiger partial charge in [-0.3, -0.25) is 4.79 Å². The number of hydrogen-bond donors (Lipinski definition) is 1. The molecule has 0 radical (unpaired) electrons. The zero-order chi connectivity index (χ0) is 23.1. The predicted molar refractivity (Wildman–Crippen MR) is 126 cm³/mol. The van der Waals surface area contributed by atoms with Crippen LogP contribution in [0.25, 0.3) is 0 Å². The normalized spacial score (nSPS) is 14.1. The fraction of sp³-hybridized carbons (Fsp3) is 0.240. The molecule has 1 N–H and O–H groups in total. The van der Waals surface area contributed by atoms with Crippen LogP contribution < -0.4 is 14.8 Å². The van der Waals surface area contributed by atoms with E-state index in [1.807, 2.05) is 30.3 Å². The Morgan fingerprint density at radius 3 is 2.33 bits per heavy atom. The molecule has 1 fully saturated rings. The third kappa shape index (κ3) is 5.71. The molecule has 0 spiro atoms. The molecule has 1 aliphatic rings. The van der Waals surface area contributed by atoms with Crippen molar-refractivity contribution in [3.8, 4) is 11.5 Å². The van der Waals surface area contributed by atoms with Gasteiger partial charge < -0.3 is 14.8 Å². The third-order valence-corrected chi connectivity index (χ3v) is 7.17. The van der Waals surface area contributed by atoms with E-state index >= 15 is 0 Å². The van der Waals surface area contributed by atoms with Crippen molar-refractivity contribution in [1.82, 2.24) is 4.31 Å². The standard InChI is InChI=1S/C25H26N2O5S/c28-25(26-20-9-8-12-22(19-20)33(29,30)27-15-6-7-16-27)23-13-4-5-14-24(23)32-18-17-31-21-10-2-1-3-11-21/h1-5,8-14,19H,6-7,15-18H2,(H,26,28). The van der Waals surface area contributed by atoms with Crippen LogP contribution in [0.2, 0.25) is 0 Å². The van der Waals surface area contributed by atoms with Crippen molar-refractivity contribution in [2.45, 2.75) is 17.7 Å². The predicted octanol–water partition coefficient (Wildman–Crippen LogP) is 4.18. The maximum atomic E-state index is 12.9. The summed E-state index contributed by atoms with van der Waals surface area (Å²) in [6.45, 7) is 1.65. The topological polar surface area (TPSA) is 84.9 Å². The molecule has 0 aromatic heterocycles. The summed E-state index contributed by atoms with van der Waals surface area (Å²) < 4.78 is 38.5. The number of amides is 1. The Kier molecular flexibility index (Phi) is 7.26. The molecule has 0 bridgehead atoms. The number of hydrogen-bond acceptors (Lipinski definition) is 5. The van der Waals surface area contributed by atoms with Gasteiger partial charge >= 0.3 is 0 Å². The van der Waals surface area contributed by atoms with Gasteiger partial charge in [-0.15, -0.1) is 0 Å². The van der Waals surface area contributed by atoms with Crippen LogP contribution in [0.3, 0.4) is 0 Å². The molecule has 1 aliphatic heterocycles. The van der Waals surface area contributed by atoms with Crippen molar-refractivity contribution >= 4 is 21.6 Å². The van der Waals surface area contributed by atoms with Gasteiger partial charge in [0.1, 0.15) is 24.7 Å². The number of anilines is 1. The van der Waals surface area contributed by atoms with Crippen LogP contribution in [-0.4, -0.2) is 44.9 Å². The minimum absolute atomic E-state index is 0.171.